The Hall–Kier alpha value is -1.39. The quantitative estimate of drug-likeness (QED) is 0.747. The third-order valence-corrected chi connectivity index (χ3v) is 3.46. The zero-order valence-corrected chi connectivity index (χ0v) is 10.3. The number of hydrogen-bond acceptors (Lipinski definition) is 3. The highest BCUT2D eigenvalue weighted by Crippen LogP contribution is 2.24. The monoisotopic (exact) mass is 249 g/mol. The normalized spacial score (nSPS) is 23.0. The first-order valence-electron chi connectivity index (χ1n) is 6.35. The Morgan fingerprint density at radius 3 is 2.56 bits per heavy atom. The molecule has 1 aliphatic rings. The van der Waals surface area contributed by atoms with Crippen LogP contribution < -0.4 is 5.32 Å². The number of aliphatic hydroxyl groups is 2. The van der Waals surface area contributed by atoms with Gasteiger partial charge in [-0.15, -0.1) is 0 Å². The van der Waals surface area contributed by atoms with Crippen LogP contribution in [0.1, 0.15) is 35.2 Å². The number of carbonyl (C=O) groups is 1. The molecule has 98 valence electrons. The van der Waals surface area contributed by atoms with Crippen molar-refractivity contribution in [2.45, 2.75) is 32.0 Å². The minimum atomic E-state index is -0.198. The maximum Gasteiger partial charge on any atom is 0.251 e. The summed E-state index contributed by atoms with van der Waals surface area (Å²) < 4.78 is 0. The summed E-state index contributed by atoms with van der Waals surface area (Å²) in [4.78, 5) is 11.8. The highest BCUT2D eigenvalue weighted by atomic mass is 16.3. The molecule has 2 atom stereocenters. The Balaban J connectivity index is 1.83. The third-order valence-electron chi connectivity index (χ3n) is 3.46. The van der Waals surface area contributed by atoms with Gasteiger partial charge in [-0.25, -0.2) is 0 Å². The van der Waals surface area contributed by atoms with Crippen molar-refractivity contribution in [3.8, 4) is 0 Å². The van der Waals surface area contributed by atoms with Gasteiger partial charge in [0, 0.05) is 12.1 Å². The standard InChI is InChI=1S/C14H19NO3/c16-9-10-1-4-12(5-2-10)14(18)15-8-11-3-6-13(17)7-11/h1-2,4-5,11,13,16-17H,3,6-9H2,(H,15,18). The fourth-order valence-corrected chi connectivity index (χ4v) is 2.33. The average Bonchev–Trinajstić information content (AvgIpc) is 2.82. The highest BCUT2D eigenvalue weighted by Gasteiger charge is 2.23. The maximum atomic E-state index is 11.8. The van der Waals surface area contributed by atoms with Crippen LogP contribution in [-0.4, -0.2) is 28.8 Å². The average molecular weight is 249 g/mol. The first kappa shape index (κ1) is 13.1. The summed E-state index contributed by atoms with van der Waals surface area (Å²) in [5.74, 6) is 0.293. The van der Waals surface area contributed by atoms with E-state index in [1.165, 1.54) is 0 Å². The molecule has 1 aromatic carbocycles. The molecule has 0 heterocycles. The number of benzene rings is 1. The van der Waals surface area contributed by atoms with Crippen LogP contribution >= 0.6 is 0 Å². The van der Waals surface area contributed by atoms with Crippen LogP contribution in [-0.2, 0) is 6.61 Å². The lowest BCUT2D eigenvalue weighted by molar-refractivity contribution is 0.0945. The van der Waals surface area contributed by atoms with Gasteiger partial charge in [0.15, 0.2) is 0 Å². The van der Waals surface area contributed by atoms with Crippen LogP contribution in [0.5, 0.6) is 0 Å². The van der Waals surface area contributed by atoms with E-state index < -0.39 is 0 Å². The van der Waals surface area contributed by atoms with Crippen molar-refractivity contribution in [2.75, 3.05) is 6.54 Å². The molecule has 1 aliphatic carbocycles. The Bertz CT molecular complexity index is 402. The van der Waals surface area contributed by atoms with Gasteiger partial charge < -0.3 is 15.5 Å². The molecule has 2 unspecified atom stereocenters. The molecule has 2 rings (SSSR count). The van der Waals surface area contributed by atoms with Crippen molar-refractivity contribution in [3.05, 3.63) is 35.4 Å². The second-order valence-corrected chi connectivity index (χ2v) is 4.90. The Kier molecular flexibility index (Phi) is 4.33. The number of nitrogens with one attached hydrogen (secondary N) is 1. The van der Waals surface area contributed by atoms with E-state index in [0.717, 1.165) is 24.8 Å². The summed E-state index contributed by atoms with van der Waals surface area (Å²) in [7, 11) is 0. The Morgan fingerprint density at radius 2 is 2.00 bits per heavy atom. The van der Waals surface area contributed by atoms with Crippen molar-refractivity contribution >= 4 is 5.91 Å². The molecule has 0 spiro atoms. The summed E-state index contributed by atoms with van der Waals surface area (Å²) in [6.45, 7) is 0.611. The number of hydrogen-bond donors (Lipinski definition) is 3. The summed E-state index contributed by atoms with van der Waals surface area (Å²) >= 11 is 0. The lowest BCUT2D eigenvalue weighted by Crippen LogP contribution is -2.28. The SMILES string of the molecule is O=C(NCC1CCC(O)C1)c1ccc(CO)cc1. The summed E-state index contributed by atoms with van der Waals surface area (Å²) in [6, 6.07) is 6.91. The molecule has 0 bridgehead atoms. The van der Waals surface area contributed by atoms with Crippen LogP contribution in [0, 0.1) is 5.92 Å². The minimum Gasteiger partial charge on any atom is -0.393 e. The van der Waals surface area contributed by atoms with E-state index in [1.54, 1.807) is 24.3 Å². The molecule has 0 saturated heterocycles. The number of aliphatic hydroxyl groups excluding tert-OH is 2. The van der Waals surface area contributed by atoms with Gasteiger partial charge in [0.25, 0.3) is 5.91 Å². The van der Waals surface area contributed by atoms with Gasteiger partial charge in [-0.2, -0.15) is 0 Å². The van der Waals surface area contributed by atoms with Gasteiger partial charge >= 0.3 is 0 Å². The second-order valence-electron chi connectivity index (χ2n) is 4.90. The van der Waals surface area contributed by atoms with E-state index in [2.05, 4.69) is 5.32 Å². The van der Waals surface area contributed by atoms with E-state index in [-0.39, 0.29) is 18.6 Å². The van der Waals surface area contributed by atoms with Crippen LogP contribution in [0.2, 0.25) is 0 Å². The molecule has 1 aromatic rings. The van der Waals surface area contributed by atoms with Crippen molar-refractivity contribution in [1.82, 2.24) is 5.32 Å². The maximum absolute atomic E-state index is 11.8. The Morgan fingerprint density at radius 1 is 1.28 bits per heavy atom. The topological polar surface area (TPSA) is 69.6 Å². The molecule has 1 saturated carbocycles. The van der Waals surface area contributed by atoms with Crippen LogP contribution in [0.4, 0.5) is 0 Å². The predicted molar refractivity (Wildman–Crippen MR) is 68.0 cm³/mol. The van der Waals surface area contributed by atoms with Gasteiger partial charge in [-0.3, -0.25) is 4.79 Å². The van der Waals surface area contributed by atoms with Crippen LogP contribution in [0.15, 0.2) is 24.3 Å². The molecule has 4 nitrogen and oxygen atoms in total. The van der Waals surface area contributed by atoms with Gasteiger partial charge in [-0.1, -0.05) is 12.1 Å². The van der Waals surface area contributed by atoms with Crippen LogP contribution in [0.25, 0.3) is 0 Å². The van der Waals surface area contributed by atoms with Gasteiger partial charge in [0.2, 0.25) is 0 Å². The first-order valence-corrected chi connectivity index (χ1v) is 6.35. The largest absolute Gasteiger partial charge is 0.393 e. The van der Waals surface area contributed by atoms with Crippen molar-refractivity contribution in [3.63, 3.8) is 0 Å². The third kappa shape index (κ3) is 3.31. The predicted octanol–water partition coefficient (Wildman–Crippen LogP) is 1.07. The minimum absolute atomic E-state index is 0.0120. The van der Waals surface area contributed by atoms with Gasteiger partial charge in [0.05, 0.1) is 12.7 Å². The molecule has 1 amide bonds. The van der Waals surface area contributed by atoms with E-state index >= 15 is 0 Å². The zero-order valence-electron chi connectivity index (χ0n) is 10.3. The van der Waals surface area contributed by atoms with Crippen molar-refractivity contribution in [1.29, 1.82) is 0 Å². The number of carbonyl (C=O) groups excluding carboxylic acids is 1. The molecule has 18 heavy (non-hydrogen) atoms. The molecular weight excluding hydrogens is 230 g/mol. The summed E-state index contributed by atoms with van der Waals surface area (Å²) in [5, 5.41) is 21.2. The summed E-state index contributed by atoms with van der Waals surface area (Å²) in [5.41, 5.74) is 1.40. The molecule has 0 radical (unpaired) electrons. The first-order chi connectivity index (χ1) is 8.69. The Labute approximate surface area is 107 Å². The van der Waals surface area contributed by atoms with Crippen LogP contribution in [0.3, 0.4) is 0 Å². The number of rotatable bonds is 4. The van der Waals surface area contributed by atoms with E-state index in [0.29, 0.717) is 18.0 Å². The molecule has 0 aromatic heterocycles. The molecule has 0 aliphatic heterocycles. The number of amides is 1. The zero-order chi connectivity index (χ0) is 13.0. The smallest absolute Gasteiger partial charge is 0.251 e. The molecule has 3 N–H and O–H groups in total. The van der Waals surface area contributed by atoms with Crippen molar-refractivity contribution < 1.29 is 15.0 Å². The lowest BCUT2D eigenvalue weighted by Gasteiger charge is -2.11. The molecule has 1 fully saturated rings. The van der Waals surface area contributed by atoms with E-state index in [9.17, 15) is 9.90 Å². The van der Waals surface area contributed by atoms with Crippen molar-refractivity contribution in [2.24, 2.45) is 5.92 Å². The van der Waals surface area contributed by atoms with E-state index in [4.69, 9.17) is 5.11 Å². The second kappa shape index (κ2) is 5.98. The van der Waals surface area contributed by atoms with Gasteiger partial charge in [-0.05, 0) is 42.9 Å². The fraction of sp³-hybridized carbons (Fsp3) is 0.500. The van der Waals surface area contributed by atoms with E-state index in [1.807, 2.05) is 0 Å². The molecule has 4 heteroatoms. The molecular formula is C14H19NO3. The highest BCUT2D eigenvalue weighted by molar-refractivity contribution is 5.94. The van der Waals surface area contributed by atoms with Gasteiger partial charge in [0.1, 0.15) is 0 Å². The lowest BCUT2D eigenvalue weighted by atomic mass is 10.1. The summed E-state index contributed by atoms with van der Waals surface area (Å²) in [6.07, 6.45) is 2.40. The fourth-order valence-electron chi connectivity index (χ4n) is 2.33.